The van der Waals surface area contributed by atoms with Crippen LogP contribution in [0.2, 0.25) is 0 Å². The lowest BCUT2D eigenvalue weighted by Crippen LogP contribution is -2.38. The van der Waals surface area contributed by atoms with Crippen molar-refractivity contribution in [1.29, 1.82) is 0 Å². The molecule has 0 saturated heterocycles. The maximum absolute atomic E-state index is 5.17. The number of hydrogen-bond donors (Lipinski definition) is 0. The molecule has 0 aromatic carbocycles. The molecule has 3 nitrogen and oxygen atoms in total. The first-order valence-electron chi connectivity index (χ1n) is 3.94. The molecule has 0 radical (unpaired) electrons. The van der Waals surface area contributed by atoms with Crippen LogP contribution in [0, 0.1) is 0 Å². The molecular formula is C9H14O3S. The second-order valence-corrected chi connectivity index (χ2v) is 3.58. The molecule has 0 spiro atoms. The molecule has 0 atom stereocenters. The molecule has 1 aromatic heterocycles. The van der Waals surface area contributed by atoms with Crippen LogP contribution >= 0.6 is 11.3 Å². The summed E-state index contributed by atoms with van der Waals surface area (Å²) in [6, 6.07) is 4.02. The molecule has 1 aromatic rings. The Kier molecular flexibility index (Phi) is 3.87. The third-order valence-electron chi connectivity index (χ3n) is 1.90. The third kappa shape index (κ3) is 2.51. The predicted octanol–water partition coefficient (Wildman–Crippen LogP) is 1.88. The average Bonchev–Trinajstić information content (AvgIpc) is 2.67. The molecule has 1 heterocycles. The summed E-state index contributed by atoms with van der Waals surface area (Å²) in [6.07, 6.45) is 0.605. The van der Waals surface area contributed by atoms with Gasteiger partial charge in [-0.15, -0.1) is 11.3 Å². The summed E-state index contributed by atoms with van der Waals surface area (Å²) < 4.78 is 15.5. The molecule has 74 valence electrons. The van der Waals surface area contributed by atoms with Crippen LogP contribution < -0.4 is 0 Å². The topological polar surface area (TPSA) is 27.7 Å². The third-order valence-corrected chi connectivity index (χ3v) is 2.78. The number of thiophene rings is 1. The highest BCUT2D eigenvalue weighted by Crippen LogP contribution is 2.21. The summed E-state index contributed by atoms with van der Waals surface area (Å²) in [5.74, 6) is -0.940. The highest BCUT2D eigenvalue weighted by atomic mass is 32.1. The van der Waals surface area contributed by atoms with Crippen molar-refractivity contribution in [2.24, 2.45) is 0 Å². The molecular weight excluding hydrogens is 188 g/mol. The Morgan fingerprint density at radius 2 is 1.85 bits per heavy atom. The van der Waals surface area contributed by atoms with Gasteiger partial charge >= 0.3 is 0 Å². The van der Waals surface area contributed by atoms with Gasteiger partial charge in [-0.2, -0.15) is 0 Å². The number of ether oxygens (including phenoxy) is 3. The van der Waals surface area contributed by atoms with Crippen molar-refractivity contribution in [3.05, 3.63) is 22.4 Å². The van der Waals surface area contributed by atoms with Crippen LogP contribution in [0.5, 0.6) is 0 Å². The van der Waals surface area contributed by atoms with Crippen LogP contribution in [-0.2, 0) is 20.6 Å². The van der Waals surface area contributed by atoms with Crippen molar-refractivity contribution in [3.8, 4) is 0 Å². The van der Waals surface area contributed by atoms with Crippen LogP contribution in [0.3, 0.4) is 0 Å². The molecule has 0 amide bonds. The second kappa shape index (κ2) is 4.72. The Bertz CT molecular complexity index is 221. The first kappa shape index (κ1) is 10.7. The van der Waals surface area contributed by atoms with E-state index in [4.69, 9.17) is 14.2 Å². The number of rotatable bonds is 5. The fourth-order valence-corrected chi connectivity index (χ4v) is 1.84. The van der Waals surface area contributed by atoms with Gasteiger partial charge in [0, 0.05) is 26.2 Å². The maximum Gasteiger partial charge on any atom is 0.287 e. The van der Waals surface area contributed by atoms with E-state index in [1.165, 1.54) is 4.88 Å². The van der Waals surface area contributed by atoms with Crippen LogP contribution in [0.15, 0.2) is 17.5 Å². The quantitative estimate of drug-likeness (QED) is 0.682. The van der Waals surface area contributed by atoms with Crippen molar-refractivity contribution in [1.82, 2.24) is 0 Å². The normalized spacial score (nSPS) is 11.9. The summed E-state index contributed by atoms with van der Waals surface area (Å²) in [6.45, 7) is 0. The van der Waals surface area contributed by atoms with Crippen molar-refractivity contribution >= 4 is 11.3 Å². The van der Waals surface area contributed by atoms with Gasteiger partial charge in [0.25, 0.3) is 5.97 Å². The molecule has 0 saturated carbocycles. The zero-order valence-electron chi connectivity index (χ0n) is 8.07. The van der Waals surface area contributed by atoms with E-state index in [1.54, 1.807) is 32.7 Å². The highest BCUT2D eigenvalue weighted by Gasteiger charge is 2.30. The van der Waals surface area contributed by atoms with Crippen molar-refractivity contribution in [3.63, 3.8) is 0 Å². The van der Waals surface area contributed by atoms with Crippen LogP contribution in [-0.4, -0.2) is 27.3 Å². The van der Waals surface area contributed by atoms with E-state index in [0.717, 1.165) is 0 Å². The Hall–Kier alpha value is -0.420. The lowest BCUT2D eigenvalue weighted by Gasteiger charge is -2.27. The Morgan fingerprint density at radius 1 is 1.23 bits per heavy atom. The molecule has 0 aliphatic rings. The Morgan fingerprint density at radius 3 is 2.23 bits per heavy atom. The van der Waals surface area contributed by atoms with Gasteiger partial charge in [0.1, 0.15) is 0 Å². The van der Waals surface area contributed by atoms with Crippen molar-refractivity contribution in [2.45, 2.75) is 12.4 Å². The fourth-order valence-electron chi connectivity index (χ4n) is 1.09. The van der Waals surface area contributed by atoms with E-state index in [1.807, 2.05) is 17.5 Å². The average molecular weight is 202 g/mol. The monoisotopic (exact) mass is 202 g/mol. The minimum Gasteiger partial charge on any atom is -0.331 e. The van der Waals surface area contributed by atoms with Gasteiger partial charge in [-0.3, -0.25) is 0 Å². The van der Waals surface area contributed by atoms with E-state index in [2.05, 4.69) is 0 Å². The molecule has 4 heteroatoms. The zero-order valence-corrected chi connectivity index (χ0v) is 8.89. The van der Waals surface area contributed by atoms with Crippen LogP contribution in [0.1, 0.15) is 4.88 Å². The predicted molar refractivity (Wildman–Crippen MR) is 51.8 cm³/mol. The summed E-state index contributed by atoms with van der Waals surface area (Å²) >= 11 is 1.66. The highest BCUT2D eigenvalue weighted by molar-refractivity contribution is 7.09. The van der Waals surface area contributed by atoms with Crippen molar-refractivity contribution in [2.75, 3.05) is 21.3 Å². The molecule has 0 unspecified atom stereocenters. The van der Waals surface area contributed by atoms with Gasteiger partial charge in [0.05, 0.1) is 6.42 Å². The van der Waals surface area contributed by atoms with Gasteiger partial charge in [-0.1, -0.05) is 6.07 Å². The molecule has 0 aliphatic heterocycles. The smallest absolute Gasteiger partial charge is 0.287 e. The first-order chi connectivity index (χ1) is 6.26. The summed E-state index contributed by atoms with van der Waals surface area (Å²) in [5, 5.41) is 2.01. The standard InChI is InChI=1S/C9H14O3S/c1-10-9(11-2,12-3)7-8-5-4-6-13-8/h4-6H,7H2,1-3H3. The zero-order chi connectivity index (χ0) is 9.73. The van der Waals surface area contributed by atoms with Crippen molar-refractivity contribution < 1.29 is 14.2 Å². The molecule has 13 heavy (non-hydrogen) atoms. The van der Waals surface area contributed by atoms with Crippen LogP contribution in [0.4, 0.5) is 0 Å². The lowest BCUT2D eigenvalue weighted by molar-refractivity contribution is -0.350. The largest absolute Gasteiger partial charge is 0.331 e. The SMILES string of the molecule is COC(Cc1cccs1)(OC)OC. The van der Waals surface area contributed by atoms with Crippen LogP contribution in [0.25, 0.3) is 0 Å². The molecule has 0 aliphatic carbocycles. The molecule has 0 N–H and O–H groups in total. The Labute approximate surface area is 82.2 Å². The minimum atomic E-state index is -0.940. The lowest BCUT2D eigenvalue weighted by atomic mass is 10.3. The second-order valence-electron chi connectivity index (χ2n) is 2.55. The number of methoxy groups -OCH3 is 3. The van der Waals surface area contributed by atoms with E-state index in [9.17, 15) is 0 Å². The van der Waals surface area contributed by atoms with E-state index < -0.39 is 5.97 Å². The van der Waals surface area contributed by atoms with Gasteiger partial charge in [-0.25, -0.2) is 0 Å². The molecule has 0 bridgehead atoms. The fraction of sp³-hybridized carbons (Fsp3) is 0.556. The van der Waals surface area contributed by atoms with Gasteiger partial charge in [-0.05, 0) is 11.4 Å². The minimum absolute atomic E-state index is 0.605. The van der Waals surface area contributed by atoms with E-state index in [0.29, 0.717) is 6.42 Å². The summed E-state index contributed by atoms with van der Waals surface area (Å²) in [5.41, 5.74) is 0. The van der Waals surface area contributed by atoms with Gasteiger partial charge in [0.15, 0.2) is 0 Å². The molecule has 0 fully saturated rings. The summed E-state index contributed by atoms with van der Waals surface area (Å²) in [7, 11) is 4.71. The summed E-state index contributed by atoms with van der Waals surface area (Å²) in [4.78, 5) is 1.17. The van der Waals surface area contributed by atoms with Gasteiger partial charge in [0.2, 0.25) is 0 Å². The van der Waals surface area contributed by atoms with E-state index >= 15 is 0 Å². The molecule has 1 rings (SSSR count). The van der Waals surface area contributed by atoms with Gasteiger partial charge < -0.3 is 14.2 Å². The maximum atomic E-state index is 5.17. The van der Waals surface area contributed by atoms with E-state index in [-0.39, 0.29) is 0 Å². The first-order valence-corrected chi connectivity index (χ1v) is 4.82. The Balaban J connectivity index is 2.67. The number of hydrogen-bond acceptors (Lipinski definition) is 4.